The molecule has 0 saturated carbocycles. The summed E-state index contributed by atoms with van der Waals surface area (Å²) in [5, 5.41) is 16.0. The molecule has 0 bridgehead atoms. The van der Waals surface area contributed by atoms with E-state index in [0.717, 1.165) is 22.6 Å². The Morgan fingerprint density at radius 2 is 1.65 bits per heavy atom. The third kappa shape index (κ3) is 5.18. The van der Waals surface area contributed by atoms with Crippen molar-refractivity contribution in [3.63, 3.8) is 0 Å². The third-order valence-corrected chi connectivity index (χ3v) is 4.44. The molecule has 4 amide bonds. The van der Waals surface area contributed by atoms with Gasteiger partial charge in [0.05, 0.1) is 16.1 Å². The zero-order valence-corrected chi connectivity index (χ0v) is 16.2. The van der Waals surface area contributed by atoms with E-state index < -0.39 is 29.2 Å². The normalized spacial score (nSPS) is 12.7. The molecular weight excluding hydrogens is 404 g/mol. The van der Waals surface area contributed by atoms with E-state index in [9.17, 15) is 29.3 Å². The van der Waals surface area contributed by atoms with Crippen LogP contribution in [0.1, 0.15) is 26.3 Å². The standard InChI is InChI=1S/C21H18N4O6/c26-18(9-6-14-4-2-1-3-5-14)22-10-11-23-19(27)13-24-20(28)16-8-7-15(25(30)31)12-17(16)21(24)29/h1-9,12H,10-11,13H2,(H,22,26)(H,23,27)/b9-6+. The van der Waals surface area contributed by atoms with Gasteiger partial charge < -0.3 is 10.6 Å². The van der Waals surface area contributed by atoms with E-state index in [-0.39, 0.29) is 35.8 Å². The number of amides is 4. The number of nitrogens with zero attached hydrogens (tertiary/aromatic N) is 2. The average molecular weight is 422 g/mol. The summed E-state index contributed by atoms with van der Waals surface area (Å²) in [6.07, 6.45) is 3.02. The Labute approximate surface area is 176 Å². The van der Waals surface area contributed by atoms with Crippen LogP contribution in [0, 0.1) is 10.1 Å². The second-order valence-corrected chi connectivity index (χ2v) is 6.57. The lowest BCUT2D eigenvalue weighted by atomic mass is 10.1. The summed E-state index contributed by atoms with van der Waals surface area (Å²) < 4.78 is 0. The molecule has 10 nitrogen and oxygen atoms in total. The van der Waals surface area contributed by atoms with Crippen LogP contribution in [-0.4, -0.2) is 53.1 Å². The van der Waals surface area contributed by atoms with Crippen LogP contribution in [0.5, 0.6) is 0 Å². The van der Waals surface area contributed by atoms with Gasteiger partial charge in [-0.2, -0.15) is 0 Å². The summed E-state index contributed by atoms with van der Waals surface area (Å²) in [4.78, 5) is 59.4. The first kappa shape index (κ1) is 21.4. The monoisotopic (exact) mass is 422 g/mol. The van der Waals surface area contributed by atoms with Gasteiger partial charge in [-0.3, -0.25) is 34.2 Å². The van der Waals surface area contributed by atoms with Crippen molar-refractivity contribution in [2.24, 2.45) is 0 Å². The first-order chi connectivity index (χ1) is 14.9. The van der Waals surface area contributed by atoms with Crippen LogP contribution in [0.25, 0.3) is 6.08 Å². The van der Waals surface area contributed by atoms with Crippen LogP contribution in [0.2, 0.25) is 0 Å². The van der Waals surface area contributed by atoms with Gasteiger partial charge in [-0.1, -0.05) is 30.3 Å². The van der Waals surface area contributed by atoms with E-state index in [0.29, 0.717) is 0 Å². The van der Waals surface area contributed by atoms with Gasteiger partial charge in [0.2, 0.25) is 11.8 Å². The number of fused-ring (bicyclic) bond motifs is 1. The minimum absolute atomic E-state index is 0.0147. The van der Waals surface area contributed by atoms with Crippen molar-refractivity contribution in [3.05, 3.63) is 81.4 Å². The number of carbonyl (C=O) groups excluding carboxylic acids is 4. The number of non-ortho nitro benzene ring substituents is 1. The van der Waals surface area contributed by atoms with Gasteiger partial charge in [-0.25, -0.2) is 0 Å². The van der Waals surface area contributed by atoms with Crippen LogP contribution in [0.15, 0.2) is 54.6 Å². The number of rotatable bonds is 8. The van der Waals surface area contributed by atoms with E-state index in [4.69, 9.17) is 0 Å². The van der Waals surface area contributed by atoms with Crippen molar-refractivity contribution in [1.82, 2.24) is 15.5 Å². The van der Waals surface area contributed by atoms with Crippen molar-refractivity contribution in [3.8, 4) is 0 Å². The molecule has 0 atom stereocenters. The number of hydrogen-bond donors (Lipinski definition) is 2. The maximum atomic E-state index is 12.4. The topological polar surface area (TPSA) is 139 Å². The Hall–Kier alpha value is -4.34. The van der Waals surface area contributed by atoms with Crippen LogP contribution in [0.4, 0.5) is 5.69 Å². The molecule has 1 heterocycles. The van der Waals surface area contributed by atoms with Gasteiger partial charge >= 0.3 is 0 Å². The van der Waals surface area contributed by atoms with Crippen LogP contribution >= 0.6 is 0 Å². The Bertz CT molecular complexity index is 1080. The summed E-state index contributed by atoms with van der Waals surface area (Å²) in [7, 11) is 0. The molecule has 3 rings (SSSR count). The fourth-order valence-corrected chi connectivity index (χ4v) is 2.92. The first-order valence-electron chi connectivity index (χ1n) is 9.29. The molecule has 2 N–H and O–H groups in total. The van der Waals surface area contributed by atoms with E-state index >= 15 is 0 Å². The average Bonchev–Trinajstić information content (AvgIpc) is 3.00. The van der Waals surface area contributed by atoms with Gasteiger partial charge in [0.1, 0.15) is 6.54 Å². The van der Waals surface area contributed by atoms with Crippen molar-refractivity contribution in [1.29, 1.82) is 0 Å². The number of benzene rings is 2. The van der Waals surface area contributed by atoms with Crippen molar-refractivity contribution in [2.45, 2.75) is 0 Å². The van der Waals surface area contributed by atoms with Gasteiger partial charge in [-0.15, -0.1) is 0 Å². The van der Waals surface area contributed by atoms with E-state index in [1.807, 2.05) is 30.3 Å². The Balaban J connectivity index is 1.45. The number of nitro groups is 1. The molecule has 0 fully saturated rings. The third-order valence-electron chi connectivity index (χ3n) is 4.44. The molecular formula is C21H18N4O6. The molecule has 10 heteroatoms. The molecule has 158 valence electrons. The smallest absolute Gasteiger partial charge is 0.270 e. The quantitative estimate of drug-likeness (QED) is 0.215. The lowest BCUT2D eigenvalue weighted by molar-refractivity contribution is -0.384. The predicted molar refractivity (Wildman–Crippen MR) is 110 cm³/mol. The van der Waals surface area contributed by atoms with Crippen LogP contribution < -0.4 is 10.6 Å². The summed E-state index contributed by atoms with van der Waals surface area (Å²) in [6, 6.07) is 12.6. The fraction of sp³-hybridized carbons (Fsp3) is 0.143. The minimum Gasteiger partial charge on any atom is -0.353 e. The maximum absolute atomic E-state index is 12.4. The highest BCUT2D eigenvalue weighted by molar-refractivity contribution is 6.22. The Morgan fingerprint density at radius 3 is 2.35 bits per heavy atom. The highest BCUT2D eigenvalue weighted by atomic mass is 16.6. The second kappa shape index (κ2) is 9.44. The molecule has 0 aliphatic carbocycles. The highest BCUT2D eigenvalue weighted by Crippen LogP contribution is 2.26. The van der Waals surface area contributed by atoms with Gasteiger partial charge in [0.25, 0.3) is 17.5 Å². The summed E-state index contributed by atoms with van der Waals surface area (Å²) >= 11 is 0. The Kier molecular flexibility index (Phi) is 6.51. The molecule has 0 saturated heterocycles. The number of imide groups is 1. The van der Waals surface area contributed by atoms with Gasteiger partial charge in [-0.05, 0) is 17.7 Å². The molecule has 31 heavy (non-hydrogen) atoms. The molecule has 0 aromatic heterocycles. The Morgan fingerprint density at radius 1 is 0.968 bits per heavy atom. The molecule has 1 aliphatic heterocycles. The number of nitrogens with one attached hydrogen (secondary N) is 2. The van der Waals surface area contributed by atoms with E-state index in [2.05, 4.69) is 10.6 Å². The van der Waals surface area contributed by atoms with E-state index in [1.54, 1.807) is 6.08 Å². The van der Waals surface area contributed by atoms with Crippen molar-refractivity contribution >= 4 is 35.4 Å². The van der Waals surface area contributed by atoms with Gasteiger partial charge in [0, 0.05) is 31.3 Å². The molecule has 2 aromatic rings. The number of nitro benzene ring substituents is 1. The van der Waals surface area contributed by atoms with Crippen molar-refractivity contribution in [2.75, 3.05) is 19.6 Å². The zero-order chi connectivity index (χ0) is 22.4. The van der Waals surface area contributed by atoms with Gasteiger partial charge in [0.15, 0.2) is 0 Å². The van der Waals surface area contributed by atoms with Crippen LogP contribution in [0.3, 0.4) is 0 Å². The lowest BCUT2D eigenvalue weighted by Crippen LogP contribution is -2.42. The molecule has 2 aromatic carbocycles. The summed E-state index contributed by atoms with van der Waals surface area (Å²) in [6.45, 7) is -0.279. The summed E-state index contributed by atoms with van der Waals surface area (Å²) in [5.41, 5.74) is 0.464. The van der Waals surface area contributed by atoms with Crippen LogP contribution in [-0.2, 0) is 9.59 Å². The minimum atomic E-state index is -0.766. The fourth-order valence-electron chi connectivity index (χ4n) is 2.92. The number of carbonyl (C=O) groups is 4. The zero-order valence-electron chi connectivity index (χ0n) is 16.2. The highest BCUT2D eigenvalue weighted by Gasteiger charge is 2.37. The maximum Gasteiger partial charge on any atom is 0.270 e. The molecule has 0 radical (unpaired) electrons. The lowest BCUT2D eigenvalue weighted by Gasteiger charge is -2.13. The van der Waals surface area contributed by atoms with Crippen molar-refractivity contribution < 1.29 is 24.1 Å². The van der Waals surface area contributed by atoms with E-state index in [1.165, 1.54) is 12.1 Å². The number of hydrogen-bond acceptors (Lipinski definition) is 6. The summed E-state index contributed by atoms with van der Waals surface area (Å²) in [5.74, 6) is -2.39. The molecule has 1 aliphatic rings. The first-order valence-corrected chi connectivity index (χ1v) is 9.29. The SMILES string of the molecule is O=C(/C=C/c1ccccc1)NCCNC(=O)CN1C(=O)c2ccc([N+](=O)[O-])cc2C1=O. The molecule has 0 unspecified atom stereocenters. The predicted octanol–water partition coefficient (Wildman–Crippen LogP) is 1.14. The largest absolute Gasteiger partial charge is 0.353 e. The second-order valence-electron chi connectivity index (χ2n) is 6.57. The molecule has 0 spiro atoms.